The number of hydrogen-bond donors (Lipinski definition) is 2. The van der Waals surface area contributed by atoms with E-state index in [4.69, 9.17) is 0 Å². The Bertz CT molecular complexity index is 492. The minimum Gasteiger partial charge on any atom is -0.390 e. The Labute approximate surface area is 115 Å². The van der Waals surface area contributed by atoms with Crippen molar-refractivity contribution in [3.63, 3.8) is 0 Å². The number of aromatic nitrogens is 1. The summed E-state index contributed by atoms with van der Waals surface area (Å²) in [6.45, 7) is 7.11. The highest BCUT2D eigenvalue weighted by atomic mass is 32.2. The molecular weight excluding hydrogens is 264 g/mol. The molecule has 1 aromatic rings. The Morgan fingerprint density at radius 3 is 2.63 bits per heavy atom. The molecule has 0 aliphatic heterocycles. The fourth-order valence-electron chi connectivity index (χ4n) is 1.82. The number of hydrogen-bond acceptors (Lipinski definition) is 3. The van der Waals surface area contributed by atoms with Gasteiger partial charge in [-0.25, -0.2) is 13.1 Å². The maximum atomic E-state index is 12.1. The molecule has 6 heteroatoms. The average molecular weight is 288 g/mol. The Kier molecular flexibility index (Phi) is 6.03. The number of sulfonamides is 1. The van der Waals surface area contributed by atoms with Gasteiger partial charge in [-0.1, -0.05) is 20.8 Å². The lowest BCUT2D eigenvalue weighted by molar-refractivity contribution is 0.270. The van der Waals surface area contributed by atoms with Crippen LogP contribution in [-0.4, -0.2) is 24.6 Å². The molecule has 0 atom stereocenters. The van der Waals surface area contributed by atoms with E-state index in [1.165, 1.54) is 6.07 Å². The molecular formula is C13H24N2O3S. The standard InChI is InChI=1S/C13H24N2O3S/c1-4-7-15-9-13(8-12(15)10-16)19(17,18)14-6-5-11(2)3/h8-9,11,14,16H,4-7,10H2,1-3H3. The van der Waals surface area contributed by atoms with Gasteiger partial charge < -0.3 is 9.67 Å². The predicted octanol–water partition coefficient (Wildman–Crippen LogP) is 1.71. The first kappa shape index (κ1) is 16.2. The number of aryl methyl sites for hydroxylation is 1. The Balaban J connectivity index is 2.83. The molecule has 0 unspecified atom stereocenters. The Hall–Kier alpha value is -0.850. The summed E-state index contributed by atoms with van der Waals surface area (Å²) in [5, 5.41) is 9.24. The lowest BCUT2D eigenvalue weighted by Gasteiger charge is -2.06. The van der Waals surface area contributed by atoms with Gasteiger partial charge in [0.15, 0.2) is 0 Å². The Morgan fingerprint density at radius 1 is 1.42 bits per heavy atom. The second-order valence-electron chi connectivity index (χ2n) is 5.10. The third-order valence-corrected chi connectivity index (χ3v) is 4.34. The highest BCUT2D eigenvalue weighted by Crippen LogP contribution is 2.15. The molecule has 0 amide bonds. The highest BCUT2D eigenvalue weighted by Gasteiger charge is 2.17. The molecule has 0 aliphatic rings. The number of aliphatic hydroxyl groups excluding tert-OH is 1. The van der Waals surface area contributed by atoms with Crippen LogP contribution >= 0.6 is 0 Å². The summed E-state index contributed by atoms with van der Waals surface area (Å²) >= 11 is 0. The van der Waals surface area contributed by atoms with Gasteiger partial charge in [0.25, 0.3) is 0 Å². The van der Waals surface area contributed by atoms with Gasteiger partial charge in [-0.05, 0) is 24.8 Å². The monoisotopic (exact) mass is 288 g/mol. The Morgan fingerprint density at radius 2 is 2.11 bits per heavy atom. The van der Waals surface area contributed by atoms with Crippen molar-refractivity contribution >= 4 is 10.0 Å². The number of aliphatic hydroxyl groups is 1. The molecule has 0 aromatic carbocycles. The summed E-state index contributed by atoms with van der Waals surface area (Å²) in [5.41, 5.74) is 0.631. The first-order chi connectivity index (χ1) is 8.90. The fraction of sp³-hybridized carbons (Fsp3) is 0.692. The fourth-order valence-corrected chi connectivity index (χ4v) is 2.93. The average Bonchev–Trinajstić information content (AvgIpc) is 2.72. The van der Waals surface area contributed by atoms with Gasteiger partial charge in [-0.15, -0.1) is 0 Å². The first-order valence-electron chi connectivity index (χ1n) is 6.70. The van der Waals surface area contributed by atoms with E-state index in [2.05, 4.69) is 18.6 Å². The van der Waals surface area contributed by atoms with Crippen LogP contribution < -0.4 is 4.72 Å². The molecule has 1 aromatic heterocycles. The molecule has 5 nitrogen and oxygen atoms in total. The number of nitrogens with one attached hydrogen (secondary N) is 1. The molecule has 0 saturated heterocycles. The second-order valence-corrected chi connectivity index (χ2v) is 6.87. The molecule has 0 aliphatic carbocycles. The van der Waals surface area contributed by atoms with Crippen LogP contribution in [0.5, 0.6) is 0 Å². The molecule has 2 N–H and O–H groups in total. The molecule has 0 spiro atoms. The zero-order valence-electron chi connectivity index (χ0n) is 11.9. The van der Waals surface area contributed by atoms with Gasteiger partial charge in [0, 0.05) is 25.0 Å². The van der Waals surface area contributed by atoms with E-state index in [1.807, 2.05) is 6.92 Å². The van der Waals surface area contributed by atoms with Crippen LogP contribution in [0.4, 0.5) is 0 Å². The summed E-state index contributed by atoms with van der Waals surface area (Å²) in [6.07, 6.45) is 3.29. The smallest absolute Gasteiger partial charge is 0.242 e. The topological polar surface area (TPSA) is 71.3 Å². The van der Waals surface area contributed by atoms with Crippen molar-refractivity contribution in [2.75, 3.05) is 6.54 Å². The van der Waals surface area contributed by atoms with E-state index in [9.17, 15) is 13.5 Å². The summed E-state index contributed by atoms with van der Waals surface area (Å²) in [6, 6.07) is 1.54. The van der Waals surface area contributed by atoms with Crippen molar-refractivity contribution < 1.29 is 13.5 Å². The van der Waals surface area contributed by atoms with Crippen LogP contribution in [0.2, 0.25) is 0 Å². The van der Waals surface area contributed by atoms with E-state index in [0.29, 0.717) is 24.7 Å². The normalized spacial score (nSPS) is 12.3. The molecule has 0 bridgehead atoms. The van der Waals surface area contributed by atoms with E-state index >= 15 is 0 Å². The van der Waals surface area contributed by atoms with Crippen LogP contribution in [0, 0.1) is 5.92 Å². The predicted molar refractivity (Wildman–Crippen MR) is 75.3 cm³/mol. The van der Waals surface area contributed by atoms with Crippen molar-refractivity contribution in [2.45, 2.75) is 51.7 Å². The minimum absolute atomic E-state index is 0.151. The highest BCUT2D eigenvalue weighted by molar-refractivity contribution is 7.89. The largest absolute Gasteiger partial charge is 0.390 e. The lowest BCUT2D eigenvalue weighted by Crippen LogP contribution is -2.25. The molecule has 1 heterocycles. The molecule has 0 saturated carbocycles. The van der Waals surface area contributed by atoms with Crippen LogP contribution in [-0.2, 0) is 23.2 Å². The van der Waals surface area contributed by atoms with Crippen molar-refractivity contribution in [2.24, 2.45) is 5.92 Å². The first-order valence-corrected chi connectivity index (χ1v) is 8.18. The van der Waals surface area contributed by atoms with Crippen molar-refractivity contribution in [3.05, 3.63) is 18.0 Å². The number of rotatable bonds is 8. The van der Waals surface area contributed by atoms with E-state index < -0.39 is 10.0 Å². The summed E-state index contributed by atoms with van der Waals surface area (Å²) in [5.74, 6) is 0.459. The summed E-state index contributed by atoms with van der Waals surface area (Å²) < 4.78 is 28.6. The van der Waals surface area contributed by atoms with Crippen molar-refractivity contribution in [3.8, 4) is 0 Å². The maximum Gasteiger partial charge on any atom is 0.242 e. The third kappa shape index (κ3) is 4.63. The second kappa shape index (κ2) is 7.07. The zero-order chi connectivity index (χ0) is 14.5. The molecule has 0 fully saturated rings. The van der Waals surface area contributed by atoms with Crippen molar-refractivity contribution in [1.82, 2.24) is 9.29 Å². The van der Waals surface area contributed by atoms with Gasteiger partial charge in [0.1, 0.15) is 0 Å². The van der Waals surface area contributed by atoms with E-state index in [0.717, 1.165) is 12.8 Å². The van der Waals surface area contributed by atoms with Crippen LogP contribution in [0.1, 0.15) is 39.3 Å². The van der Waals surface area contributed by atoms with E-state index in [1.54, 1.807) is 10.8 Å². The van der Waals surface area contributed by atoms with E-state index in [-0.39, 0.29) is 11.5 Å². The molecule has 1 rings (SSSR count). The van der Waals surface area contributed by atoms with Gasteiger partial charge in [-0.3, -0.25) is 0 Å². The van der Waals surface area contributed by atoms with Gasteiger partial charge in [-0.2, -0.15) is 0 Å². The van der Waals surface area contributed by atoms with Gasteiger partial charge in [0.05, 0.1) is 11.5 Å². The van der Waals surface area contributed by atoms with Crippen LogP contribution in [0.3, 0.4) is 0 Å². The summed E-state index contributed by atoms with van der Waals surface area (Å²) in [7, 11) is -3.47. The maximum absolute atomic E-state index is 12.1. The van der Waals surface area contributed by atoms with Gasteiger partial charge in [0.2, 0.25) is 10.0 Å². The van der Waals surface area contributed by atoms with Crippen LogP contribution in [0.25, 0.3) is 0 Å². The molecule has 0 radical (unpaired) electrons. The third-order valence-electron chi connectivity index (χ3n) is 2.91. The molecule has 110 valence electrons. The van der Waals surface area contributed by atoms with Crippen molar-refractivity contribution in [1.29, 1.82) is 0 Å². The number of nitrogens with zero attached hydrogens (tertiary/aromatic N) is 1. The quantitative estimate of drug-likeness (QED) is 0.765. The van der Waals surface area contributed by atoms with Crippen LogP contribution in [0.15, 0.2) is 17.2 Å². The summed E-state index contributed by atoms with van der Waals surface area (Å²) in [4.78, 5) is 0.230. The minimum atomic E-state index is -3.47. The van der Waals surface area contributed by atoms with Gasteiger partial charge >= 0.3 is 0 Å². The zero-order valence-corrected chi connectivity index (χ0v) is 12.7. The SMILES string of the molecule is CCCn1cc(S(=O)(=O)NCCC(C)C)cc1CO. The molecule has 19 heavy (non-hydrogen) atoms. The lowest BCUT2D eigenvalue weighted by atomic mass is 10.1.